The number of hydrogen-bond acceptors (Lipinski definition) is 2. The van der Waals surface area contributed by atoms with Crippen LogP contribution in [0.1, 0.15) is 13.8 Å². The molecular formula is C9H14O2. The lowest BCUT2D eigenvalue weighted by molar-refractivity contribution is -0.116. The van der Waals surface area contributed by atoms with Gasteiger partial charge in [0.15, 0.2) is 0 Å². The van der Waals surface area contributed by atoms with Gasteiger partial charge < -0.3 is 9.53 Å². The molecule has 11 heavy (non-hydrogen) atoms. The first-order valence-corrected chi connectivity index (χ1v) is 3.48. The Labute approximate surface area is 67.6 Å². The summed E-state index contributed by atoms with van der Waals surface area (Å²) in [5.74, 6) is 0. The first kappa shape index (κ1) is 9.95. The number of hydrogen-bond donors (Lipinski definition) is 0. The fourth-order valence-corrected chi connectivity index (χ4v) is 0.408. The van der Waals surface area contributed by atoms with Crippen LogP contribution < -0.4 is 0 Å². The van der Waals surface area contributed by atoms with Crippen LogP contribution >= 0.6 is 0 Å². The van der Waals surface area contributed by atoms with Crippen LogP contribution in [-0.4, -0.2) is 12.9 Å². The number of rotatable bonds is 5. The largest absolute Gasteiger partial charge is 0.500 e. The highest BCUT2D eigenvalue weighted by molar-refractivity contribution is 5.57. The zero-order chi connectivity index (χ0) is 8.74. The molecule has 2 heteroatoms. The zero-order valence-corrected chi connectivity index (χ0v) is 7.04. The molecule has 0 spiro atoms. The van der Waals surface area contributed by atoms with Crippen molar-refractivity contribution in [2.24, 2.45) is 5.41 Å². The molecule has 0 aliphatic rings. The normalized spacial score (nSPS) is 11.5. The number of carbonyl (C=O) groups is 1. The Morgan fingerprint density at radius 3 is 2.64 bits per heavy atom. The molecule has 0 aromatic heterocycles. The second-order valence-electron chi connectivity index (χ2n) is 2.98. The lowest BCUT2D eigenvalue weighted by Crippen LogP contribution is -2.19. The van der Waals surface area contributed by atoms with E-state index in [1.165, 1.54) is 6.26 Å². The molecule has 2 nitrogen and oxygen atoms in total. The van der Waals surface area contributed by atoms with E-state index in [2.05, 4.69) is 6.58 Å². The van der Waals surface area contributed by atoms with Crippen molar-refractivity contribution in [3.63, 3.8) is 0 Å². The fourth-order valence-electron chi connectivity index (χ4n) is 0.408. The standard InChI is InChI=1S/C9H14O2/c1-4-5-6-11-8-9(2,3)7-10/h4-7H,1,8H2,2-3H3/b6-5+. The van der Waals surface area contributed by atoms with Gasteiger partial charge in [0.2, 0.25) is 0 Å². The number of carbonyl (C=O) groups excluding carboxylic acids is 1. The molecule has 0 bridgehead atoms. The monoisotopic (exact) mass is 154 g/mol. The molecule has 0 rings (SSSR count). The second-order valence-corrected chi connectivity index (χ2v) is 2.98. The van der Waals surface area contributed by atoms with E-state index in [0.717, 1.165) is 6.29 Å². The van der Waals surface area contributed by atoms with Gasteiger partial charge in [-0.05, 0) is 19.9 Å². The van der Waals surface area contributed by atoms with Gasteiger partial charge in [-0.1, -0.05) is 12.7 Å². The van der Waals surface area contributed by atoms with E-state index in [0.29, 0.717) is 6.61 Å². The predicted molar refractivity (Wildman–Crippen MR) is 45.1 cm³/mol. The number of allylic oxidation sites excluding steroid dienone is 2. The van der Waals surface area contributed by atoms with Gasteiger partial charge in [-0.3, -0.25) is 0 Å². The molecule has 0 saturated carbocycles. The average molecular weight is 154 g/mol. The summed E-state index contributed by atoms with van der Waals surface area (Å²) in [6.07, 6.45) is 5.71. The first-order chi connectivity index (χ1) is 5.12. The average Bonchev–Trinajstić information content (AvgIpc) is 1.99. The topological polar surface area (TPSA) is 26.3 Å². The molecule has 0 amide bonds. The van der Waals surface area contributed by atoms with Crippen LogP contribution in [0.25, 0.3) is 0 Å². The van der Waals surface area contributed by atoms with E-state index in [1.54, 1.807) is 12.2 Å². The Balaban J connectivity index is 3.61. The van der Waals surface area contributed by atoms with Crippen LogP contribution in [0.4, 0.5) is 0 Å². The van der Waals surface area contributed by atoms with Gasteiger partial charge in [0, 0.05) is 0 Å². The SMILES string of the molecule is C=C/C=C/OCC(C)(C)C=O. The molecule has 0 heterocycles. The van der Waals surface area contributed by atoms with Crippen LogP contribution in [0.2, 0.25) is 0 Å². The van der Waals surface area contributed by atoms with E-state index in [1.807, 2.05) is 13.8 Å². The van der Waals surface area contributed by atoms with Crippen molar-refractivity contribution in [2.45, 2.75) is 13.8 Å². The summed E-state index contributed by atoms with van der Waals surface area (Å²) in [7, 11) is 0. The van der Waals surface area contributed by atoms with E-state index in [-0.39, 0.29) is 0 Å². The maximum atomic E-state index is 10.4. The summed E-state index contributed by atoms with van der Waals surface area (Å²) in [5.41, 5.74) is -0.397. The Hall–Kier alpha value is -1.05. The molecule has 0 aromatic rings. The van der Waals surface area contributed by atoms with E-state index >= 15 is 0 Å². The minimum absolute atomic E-state index is 0.397. The van der Waals surface area contributed by atoms with Crippen LogP contribution in [0.3, 0.4) is 0 Å². The van der Waals surface area contributed by atoms with Crippen molar-refractivity contribution in [3.8, 4) is 0 Å². The van der Waals surface area contributed by atoms with Gasteiger partial charge in [0.25, 0.3) is 0 Å². The maximum absolute atomic E-state index is 10.4. The summed E-state index contributed by atoms with van der Waals surface area (Å²) in [4.78, 5) is 10.4. The summed E-state index contributed by atoms with van der Waals surface area (Å²) >= 11 is 0. The van der Waals surface area contributed by atoms with Gasteiger partial charge in [-0.15, -0.1) is 0 Å². The van der Waals surface area contributed by atoms with Gasteiger partial charge in [-0.2, -0.15) is 0 Å². The molecule has 0 fully saturated rings. The third-order valence-electron chi connectivity index (χ3n) is 1.09. The predicted octanol–water partition coefficient (Wildman–Crippen LogP) is 1.93. The highest BCUT2D eigenvalue weighted by atomic mass is 16.5. The quantitative estimate of drug-likeness (QED) is 0.343. The minimum Gasteiger partial charge on any atom is -0.500 e. The van der Waals surface area contributed by atoms with Crippen LogP contribution in [0.5, 0.6) is 0 Å². The van der Waals surface area contributed by atoms with Crippen molar-refractivity contribution in [1.82, 2.24) is 0 Å². The molecule has 0 radical (unpaired) electrons. The van der Waals surface area contributed by atoms with Crippen molar-refractivity contribution in [2.75, 3.05) is 6.61 Å². The molecule has 0 aliphatic heterocycles. The maximum Gasteiger partial charge on any atom is 0.128 e. The molecular weight excluding hydrogens is 140 g/mol. The highest BCUT2D eigenvalue weighted by Crippen LogP contribution is 2.10. The molecule has 62 valence electrons. The van der Waals surface area contributed by atoms with E-state index < -0.39 is 5.41 Å². The van der Waals surface area contributed by atoms with Gasteiger partial charge >= 0.3 is 0 Å². The fraction of sp³-hybridized carbons (Fsp3) is 0.444. The summed E-state index contributed by atoms with van der Waals surface area (Å²) in [5, 5.41) is 0. The summed E-state index contributed by atoms with van der Waals surface area (Å²) < 4.78 is 5.05. The zero-order valence-electron chi connectivity index (χ0n) is 7.04. The Morgan fingerprint density at radius 2 is 2.18 bits per heavy atom. The van der Waals surface area contributed by atoms with E-state index in [9.17, 15) is 4.79 Å². The molecule has 0 saturated heterocycles. The Morgan fingerprint density at radius 1 is 1.55 bits per heavy atom. The van der Waals surface area contributed by atoms with Crippen molar-refractivity contribution in [3.05, 3.63) is 25.0 Å². The van der Waals surface area contributed by atoms with Crippen molar-refractivity contribution < 1.29 is 9.53 Å². The van der Waals surface area contributed by atoms with Crippen molar-refractivity contribution in [1.29, 1.82) is 0 Å². The minimum atomic E-state index is -0.397. The lowest BCUT2D eigenvalue weighted by atomic mass is 9.98. The third kappa shape index (κ3) is 5.40. The van der Waals surface area contributed by atoms with Crippen molar-refractivity contribution >= 4 is 6.29 Å². The second kappa shape index (κ2) is 4.72. The molecule has 0 unspecified atom stereocenters. The van der Waals surface area contributed by atoms with Crippen LogP contribution in [0.15, 0.2) is 25.0 Å². The molecule has 0 N–H and O–H groups in total. The molecule has 0 aromatic carbocycles. The van der Waals surface area contributed by atoms with Gasteiger partial charge in [0.1, 0.15) is 6.29 Å². The number of ether oxygens (including phenoxy) is 1. The Bertz CT molecular complexity index is 157. The first-order valence-electron chi connectivity index (χ1n) is 3.48. The third-order valence-corrected chi connectivity index (χ3v) is 1.09. The van der Waals surface area contributed by atoms with Crippen LogP contribution in [0, 0.1) is 5.41 Å². The Kier molecular flexibility index (Phi) is 4.27. The smallest absolute Gasteiger partial charge is 0.128 e. The van der Waals surface area contributed by atoms with Crippen LogP contribution in [-0.2, 0) is 9.53 Å². The molecule has 0 aliphatic carbocycles. The number of aldehydes is 1. The lowest BCUT2D eigenvalue weighted by Gasteiger charge is -2.14. The highest BCUT2D eigenvalue weighted by Gasteiger charge is 2.15. The summed E-state index contributed by atoms with van der Waals surface area (Å²) in [6.45, 7) is 7.52. The van der Waals surface area contributed by atoms with E-state index in [4.69, 9.17) is 4.74 Å². The molecule has 0 atom stereocenters. The van der Waals surface area contributed by atoms with Gasteiger partial charge in [0.05, 0.1) is 18.3 Å². The summed E-state index contributed by atoms with van der Waals surface area (Å²) in [6, 6.07) is 0. The van der Waals surface area contributed by atoms with Gasteiger partial charge in [-0.25, -0.2) is 0 Å².